The molecule has 0 unspecified atom stereocenters. The van der Waals surface area contributed by atoms with Gasteiger partial charge >= 0.3 is 5.97 Å². The fraction of sp³-hybridized carbons (Fsp3) is 0.867. The van der Waals surface area contributed by atoms with E-state index in [1.54, 1.807) is 0 Å². The molecule has 0 radical (unpaired) electrons. The molecule has 4 heteroatoms. The van der Waals surface area contributed by atoms with Gasteiger partial charge in [0.25, 0.3) is 0 Å². The average molecular weight is 269 g/mol. The van der Waals surface area contributed by atoms with Crippen molar-refractivity contribution in [3.8, 4) is 0 Å². The Kier molecular flexibility index (Phi) is 6.32. The van der Waals surface area contributed by atoms with Crippen molar-refractivity contribution in [3.63, 3.8) is 0 Å². The zero-order valence-electron chi connectivity index (χ0n) is 12.2. The number of rotatable bonds is 8. The third-order valence-corrected chi connectivity index (χ3v) is 4.01. The van der Waals surface area contributed by atoms with Gasteiger partial charge in [-0.05, 0) is 37.0 Å². The van der Waals surface area contributed by atoms with Crippen molar-refractivity contribution in [2.24, 2.45) is 11.3 Å². The van der Waals surface area contributed by atoms with Crippen LogP contribution in [0.25, 0.3) is 0 Å². The topological polar surface area (TPSA) is 66.4 Å². The van der Waals surface area contributed by atoms with Gasteiger partial charge in [0.05, 0.1) is 6.42 Å². The Hall–Kier alpha value is -1.06. The summed E-state index contributed by atoms with van der Waals surface area (Å²) < 4.78 is 0. The highest BCUT2D eigenvalue weighted by Gasteiger charge is 2.37. The Morgan fingerprint density at radius 1 is 1.21 bits per heavy atom. The molecule has 0 aromatic heterocycles. The number of hydrogen-bond acceptors (Lipinski definition) is 2. The Labute approximate surface area is 116 Å². The highest BCUT2D eigenvalue weighted by atomic mass is 16.4. The molecule has 1 aliphatic carbocycles. The Morgan fingerprint density at radius 2 is 1.84 bits per heavy atom. The Bertz CT molecular complexity index is 307. The van der Waals surface area contributed by atoms with Crippen molar-refractivity contribution in [2.75, 3.05) is 6.54 Å². The molecule has 0 spiro atoms. The second-order valence-electron chi connectivity index (χ2n) is 6.34. The third-order valence-electron chi connectivity index (χ3n) is 4.01. The lowest BCUT2D eigenvalue weighted by Gasteiger charge is -2.26. The van der Waals surface area contributed by atoms with Crippen LogP contribution in [0.15, 0.2) is 0 Å². The van der Waals surface area contributed by atoms with Crippen LogP contribution in [0.3, 0.4) is 0 Å². The normalized spacial score (nSPS) is 17.6. The number of nitrogens with one attached hydrogen (secondary N) is 1. The van der Waals surface area contributed by atoms with Gasteiger partial charge in [0.1, 0.15) is 0 Å². The lowest BCUT2D eigenvalue weighted by Crippen LogP contribution is -2.32. The zero-order chi connectivity index (χ0) is 14.3. The maximum Gasteiger partial charge on any atom is 0.303 e. The van der Waals surface area contributed by atoms with Crippen molar-refractivity contribution >= 4 is 11.9 Å². The summed E-state index contributed by atoms with van der Waals surface area (Å²) in [5, 5.41) is 11.9. The summed E-state index contributed by atoms with van der Waals surface area (Å²) in [5.41, 5.74) is -0.284. The molecule has 1 amide bonds. The van der Waals surface area contributed by atoms with Crippen LogP contribution in [0.2, 0.25) is 0 Å². The standard InChI is InChI=1S/C15H27NO3/c1-12(2)6-5-9-16-13(17)10-15(11-14(18)19)7-3-4-8-15/h12H,3-11H2,1-2H3,(H,16,17)(H,18,19). The second-order valence-corrected chi connectivity index (χ2v) is 6.34. The Balaban J connectivity index is 2.33. The van der Waals surface area contributed by atoms with E-state index in [9.17, 15) is 9.59 Å². The summed E-state index contributed by atoms with van der Waals surface area (Å²) in [6, 6.07) is 0. The zero-order valence-corrected chi connectivity index (χ0v) is 12.2. The molecule has 0 aromatic carbocycles. The molecule has 19 heavy (non-hydrogen) atoms. The molecule has 2 N–H and O–H groups in total. The van der Waals surface area contributed by atoms with Gasteiger partial charge in [-0.1, -0.05) is 26.7 Å². The molecule has 0 atom stereocenters. The van der Waals surface area contributed by atoms with Crippen LogP contribution >= 0.6 is 0 Å². The average Bonchev–Trinajstić information content (AvgIpc) is 2.71. The molecule has 0 heterocycles. The summed E-state index contributed by atoms with van der Waals surface area (Å²) >= 11 is 0. The molecular weight excluding hydrogens is 242 g/mol. The molecule has 1 fully saturated rings. The molecule has 0 saturated heterocycles. The first-order chi connectivity index (χ1) is 8.93. The first-order valence-electron chi connectivity index (χ1n) is 7.42. The third kappa shape index (κ3) is 6.08. The van der Waals surface area contributed by atoms with Crippen LogP contribution < -0.4 is 5.32 Å². The summed E-state index contributed by atoms with van der Waals surface area (Å²) in [7, 11) is 0. The highest BCUT2D eigenvalue weighted by Crippen LogP contribution is 2.43. The number of amides is 1. The van der Waals surface area contributed by atoms with E-state index in [1.165, 1.54) is 0 Å². The quantitative estimate of drug-likeness (QED) is 0.666. The van der Waals surface area contributed by atoms with Crippen molar-refractivity contribution in [2.45, 2.75) is 65.2 Å². The number of hydrogen-bond donors (Lipinski definition) is 2. The van der Waals surface area contributed by atoms with E-state index < -0.39 is 5.97 Å². The maximum absolute atomic E-state index is 11.9. The van der Waals surface area contributed by atoms with E-state index >= 15 is 0 Å². The van der Waals surface area contributed by atoms with Gasteiger partial charge < -0.3 is 10.4 Å². The van der Waals surface area contributed by atoms with Crippen LogP contribution in [0.4, 0.5) is 0 Å². The fourth-order valence-electron chi connectivity index (χ4n) is 3.00. The molecular formula is C15H27NO3. The first-order valence-corrected chi connectivity index (χ1v) is 7.42. The van der Waals surface area contributed by atoms with Crippen LogP contribution in [-0.4, -0.2) is 23.5 Å². The Morgan fingerprint density at radius 3 is 2.37 bits per heavy atom. The van der Waals surface area contributed by atoms with E-state index in [2.05, 4.69) is 19.2 Å². The molecule has 1 aliphatic rings. The van der Waals surface area contributed by atoms with Crippen LogP contribution in [-0.2, 0) is 9.59 Å². The predicted molar refractivity (Wildman–Crippen MR) is 74.9 cm³/mol. The molecule has 0 aromatic rings. The van der Waals surface area contributed by atoms with Gasteiger partial charge in [-0.25, -0.2) is 0 Å². The lowest BCUT2D eigenvalue weighted by molar-refractivity contribution is -0.140. The largest absolute Gasteiger partial charge is 0.481 e. The molecule has 1 rings (SSSR count). The van der Waals surface area contributed by atoms with E-state index in [-0.39, 0.29) is 17.7 Å². The number of carboxylic acids is 1. The molecule has 0 bridgehead atoms. The molecule has 110 valence electrons. The summed E-state index contributed by atoms with van der Waals surface area (Å²) in [6.07, 6.45) is 6.46. The number of aliphatic carboxylic acids is 1. The minimum Gasteiger partial charge on any atom is -0.481 e. The summed E-state index contributed by atoms with van der Waals surface area (Å²) in [4.78, 5) is 22.9. The van der Waals surface area contributed by atoms with Crippen LogP contribution in [0.5, 0.6) is 0 Å². The predicted octanol–water partition coefficient (Wildman–Crippen LogP) is 2.96. The maximum atomic E-state index is 11.9. The van der Waals surface area contributed by atoms with Crippen LogP contribution in [0.1, 0.15) is 65.2 Å². The minimum atomic E-state index is -0.783. The first kappa shape index (κ1) is 16.0. The van der Waals surface area contributed by atoms with Gasteiger partial charge in [0.2, 0.25) is 5.91 Å². The van der Waals surface area contributed by atoms with Crippen molar-refractivity contribution in [1.29, 1.82) is 0 Å². The van der Waals surface area contributed by atoms with E-state index in [0.717, 1.165) is 38.5 Å². The van der Waals surface area contributed by atoms with E-state index in [0.29, 0.717) is 18.9 Å². The van der Waals surface area contributed by atoms with Crippen molar-refractivity contribution < 1.29 is 14.7 Å². The summed E-state index contributed by atoms with van der Waals surface area (Å²) in [5.74, 6) is -0.105. The molecule has 4 nitrogen and oxygen atoms in total. The molecule has 0 aliphatic heterocycles. The fourth-order valence-corrected chi connectivity index (χ4v) is 3.00. The SMILES string of the molecule is CC(C)CCCNC(=O)CC1(CC(=O)O)CCCC1. The van der Waals surface area contributed by atoms with Gasteiger partial charge in [0.15, 0.2) is 0 Å². The number of carbonyl (C=O) groups excluding carboxylic acids is 1. The number of carboxylic acid groups (broad SMARTS) is 1. The van der Waals surface area contributed by atoms with Crippen molar-refractivity contribution in [1.82, 2.24) is 5.32 Å². The monoisotopic (exact) mass is 269 g/mol. The van der Waals surface area contributed by atoms with Gasteiger partial charge in [-0.2, -0.15) is 0 Å². The van der Waals surface area contributed by atoms with Gasteiger partial charge in [0, 0.05) is 13.0 Å². The molecule has 1 saturated carbocycles. The lowest BCUT2D eigenvalue weighted by atomic mass is 9.79. The van der Waals surface area contributed by atoms with Crippen LogP contribution in [0, 0.1) is 11.3 Å². The van der Waals surface area contributed by atoms with E-state index in [4.69, 9.17) is 5.11 Å². The second kappa shape index (κ2) is 7.51. The van der Waals surface area contributed by atoms with Gasteiger partial charge in [-0.15, -0.1) is 0 Å². The highest BCUT2D eigenvalue weighted by molar-refractivity contribution is 5.78. The van der Waals surface area contributed by atoms with E-state index in [1.807, 2.05) is 0 Å². The minimum absolute atomic E-state index is 0.0203. The van der Waals surface area contributed by atoms with Gasteiger partial charge in [-0.3, -0.25) is 9.59 Å². The van der Waals surface area contributed by atoms with Crippen molar-refractivity contribution in [3.05, 3.63) is 0 Å². The number of carbonyl (C=O) groups is 2. The smallest absolute Gasteiger partial charge is 0.303 e. The summed E-state index contributed by atoms with van der Waals surface area (Å²) in [6.45, 7) is 5.05.